The Bertz CT molecular complexity index is 900. The second-order valence-corrected chi connectivity index (χ2v) is 7.80. The van der Waals surface area contributed by atoms with E-state index in [-0.39, 0.29) is 41.2 Å². The Balaban J connectivity index is 0.000000527. The minimum absolute atomic E-state index is 0.0139. The number of unbranched alkanes of at least 4 members (excludes halogenated alkanes) is 2. The summed E-state index contributed by atoms with van der Waals surface area (Å²) in [6.45, 7) is 7.88. The molecule has 0 aliphatic heterocycles. The molecule has 0 fully saturated rings. The summed E-state index contributed by atoms with van der Waals surface area (Å²) in [6, 6.07) is 12.1. The van der Waals surface area contributed by atoms with Gasteiger partial charge in [-0.2, -0.15) is 0 Å². The first kappa shape index (κ1) is 31.5. The van der Waals surface area contributed by atoms with Crippen molar-refractivity contribution >= 4 is 23.3 Å². The first-order chi connectivity index (χ1) is 16.6. The molecule has 2 aromatic carbocycles. The fraction of sp³-hybridized carbons (Fsp3) is 0.429. The van der Waals surface area contributed by atoms with Gasteiger partial charge < -0.3 is 14.9 Å². The molecule has 0 heterocycles. The van der Waals surface area contributed by atoms with Crippen LogP contribution in [0.1, 0.15) is 93.4 Å². The number of hydrogen-bond acceptors (Lipinski definition) is 7. The van der Waals surface area contributed by atoms with E-state index in [0.717, 1.165) is 25.7 Å². The van der Waals surface area contributed by atoms with Gasteiger partial charge in [-0.1, -0.05) is 26.7 Å². The largest absolute Gasteiger partial charge is 0.508 e. The summed E-state index contributed by atoms with van der Waals surface area (Å²) in [5.74, 6) is 0.0548. The maximum atomic E-state index is 11.6. The monoisotopic (exact) mass is 486 g/mol. The number of aromatic hydroxyl groups is 2. The summed E-state index contributed by atoms with van der Waals surface area (Å²) >= 11 is 0. The molecule has 7 nitrogen and oxygen atoms in total. The Labute approximate surface area is 208 Å². The molecular weight excluding hydrogens is 448 g/mol. The Hall–Kier alpha value is -3.48. The van der Waals surface area contributed by atoms with Gasteiger partial charge in [0.25, 0.3) is 0 Å². The Morgan fingerprint density at radius 1 is 0.714 bits per heavy atom. The van der Waals surface area contributed by atoms with E-state index in [1.54, 1.807) is 12.1 Å². The molecule has 2 aromatic rings. The lowest BCUT2D eigenvalue weighted by Gasteiger charge is -2.00. The zero-order valence-electron chi connectivity index (χ0n) is 21.2. The number of phenolic OH excluding ortho intramolecular Hbond substituents is 2. The third-order valence-corrected chi connectivity index (χ3v) is 4.67. The van der Waals surface area contributed by atoms with Crippen LogP contribution in [0.3, 0.4) is 0 Å². The summed E-state index contributed by atoms with van der Waals surface area (Å²) in [5.41, 5.74) is 1.10. The number of ether oxygens (including phenoxy) is 1. The molecule has 0 spiro atoms. The Morgan fingerprint density at radius 2 is 1.17 bits per heavy atom. The summed E-state index contributed by atoms with van der Waals surface area (Å²) in [4.78, 5) is 44.3. The van der Waals surface area contributed by atoms with E-state index in [0.29, 0.717) is 30.6 Å². The number of carbonyl (C=O) groups excluding carboxylic acids is 4. The SMILES string of the molecule is CC(=O)c1ccc(O)cc1.CCCCC(=O)CC(=O)c1ccc(O)cc1.CCCCC(=O)OCC. The third kappa shape index (κ3) is 15.9. The summed E-state index contributed by atoms with van der Waals surface area (Å²) < 4.78 is 4.70. The highest BCUT2D eigenvalue weighted by atomic mass is 16.5. The van der Waals surface area contributed by atoms with Crippen LogP contribution in [0, 0.1) is 0 Å². The van der Waals surface area contributed by atoms with Gasteiger partial charge in [0.05, 0.1) is 13.0 Å². The number of rotatable bonds is 11. The number of phenols is 2. The van der Waals surface area contributed by atoms with Gasteiger partial charge in [0.15, 0.2) is 11.6 Å². The molecule has 192 valence electrons. The molecule has 0 unspecified atom stereocenters. The maximum absolute atomic E-state index is 11.6. The molecule has 0 aliphatic rings. The quantitative estimate of drug-likeness (QED) is 0.225. The molecule has 0 atom stereocenters. The normalized spacial score (nSPS) is 9.60. The predicted octanol–water partition coefficient (Wildman–Crippen LogP) is 6.06. The molecule has 0 bridgehead atoms. The number of carbonyl (C=O) groups is 4. The van der Waals surface area contributed by atoms with Crippen molar-refractivity contribution in [2.75, 3.05) is 6.61 Å². The van der Waals surface area contributed by atoms with Crippen LogP contribution in [-0.2, 0) is 14.3 Å². The van der Waals surface area contributed by atoms with Gasteiger partial charge in [0.2, 0.25) is 0 Å². The molecule has 0 aliphatic carbocycles. The minimum atomic E-state index is -0.180. The fourth-order valence-electron chi connectivity index (χ4n) is 2.64. The van der Waals surface area contributed by atoms with Gasteiger partial charge in [-0.25, -0.2) is 0 Å². The van der Waals surface area contributed by atoms with E-state index in [2.05, 4.69) is 6.92 Å². The van der Waals surface area contributed by atoms with Gasteiger partial charge in [0.1, 0.15) is 17.3 Å². The molecule has 0 radical (unpaired) electrons. The lowest BCUT2D eigenvalue weighted by Crippen LogP contribution is -2.07. The van der Waals surface area contributed by atoms with E-state index < -0.39 is 0 Å². The standard InChI is InChI=1S/C13H16O3.C8H8O2.C7H14O2/c1-2-3-4-12(15)9-13(16)10-5-7-11(14)8-6-10;1-6(9)7-2-4-8(10)5-3-7;1-3-5-6-7(8)9-4-2/h5-8,14H,2-4,9H2,1H3;2-5,10H,1H3;3-6H2,1-2H3. The zero-order valence-corrected chi connectivity index (χ0v) is 21.2. The van der Waals surface area contributed by atoms with Crippen LogP contribution in [-0.4, -0.2) is 40.1 Å². The van der Waals surface area contributed by atoms with Crippen LogP contribution >= 0.6 is 0 Å². The van der Waals surface area contributed by atoms with Crippen LogP contribution in [0.2, 0.25) is 0 Å². The van der Waals surface area contributed by atoms with Crippen LogP contribution < -0.4 is 0 Å². The number of benzene rings is 2. The van der Waals surface area contributed by atoms with E-state index in [1.165, 1.54) is 43.3 Å². The van der Waals surface area contributed by atoms with Crippen molar-refractivity contribution in [2.24, 2.45) is 0 Å². The Kier molecular flexibility index (Phi) is 17.0. The van der Waals surface area contributed by atoms with Gasteiger partial charge >= 0.3 is 5.97 Å². The molecule has 0 saturated heterocycles. The van der Waals surface area contributed by atoms with E-state index >= 15 is 0 Å². The molecule has 0 aromatic heterocycles. The smallest absolute Gasteiger partial charge is 0.305 e. The van der Waals surface area contributed by atoms with E-state index in [4.69, 9.17) is 14.9 Å². The van der Waals surface area contributed by atoms with E-state index in [9.17, 15) is 19.2 Å². The molecule has 0 amide bonds. The number of Topliss-reactive ketones (excluding diaryl/α,β-unsaturated/α-hetero) is 3. The van der Waals surface area contributed by atoms with Crippen LogP contribution in [0.25, 0.3) is 0 Å². The lowest BCUT2D eigenvalue weighted by molar-refractivity contribution is -0.143. The molecular formula is C28H38O7. The molecule has 2 N–H and O–H groups in total. The van der Waals surface area contributed by atoms with Crippen LogP contribution in [0.15, 0.2) is 48.5 Å². The zero-order chi connectivity index (χ0) is 26.6. The lowest BCUT2D eigenvalue weighted by atomic mass is 10.0. The van der Waals surface area contributed by atoms with Crippen LogP contribution in [0.4, 0.5) is 0 Å². The molecule has 2 rings (SSSR count). The second kappa shape index (κ2) is 18.9. The van der Waals surface area contributed by atoms with E-state index in [1.807, 2.05) is 13.8 Å². The summed E-state index contributed by atoms with van der Waals surface area (Å²) in [7, 11) is 0. The van der Waals surface area contributed by atoms with Crippen molar-refractivity contribution in [1.29, 1.82) is 0 Å². The van der Waals surface area contributed by atoms with Crippen molar-refractivity contribution in [3.8, 4) is 11.5 Å². The third-order valence-electron chi connectivity index (χ3n) is 4.67. The van der Waals surface area contributed by atoms with Crippen molar-refractivity contribution in [2.45, 2.75) is 72.6 Å². The van der Waals surface area contributed by atoms with Crippen LogP contribution in [0.5, 0.6) is 11.5 Å². The predicted molar refractivity (Wildman–Crippen MR) is 136 cm³/mol. The number of esters is 1. The average molecular weight is 487 g/mol. The molecule has 0 saturated carbocycles. The Morgan fingerprint density at radius 3 is 1.60 bits per heavy atom. The molecule has 35 heavy (non-hydrogen) atoms. The topological polar surface area (TPSA) is 118 Å². The van der Waals surface area contributed by atoms with Crippen molar-refractivity contribution in [1.82, 2.24) is 0 Å². The maximum Gasteiger partial charge on any atom is 0.305 e. The van der Waals surface area contributed by atoms with Gasteiger partial charge in [-0.3, -0.25) is 19.2 Å². The highest BCUT2D eigenvalue weighted by Gasteiger charge is 2.11. The van der Waals surface area contributed by atoms with Gasteiger partial charge in [-0.15, -0.1) is 0 Å². The average Bonchev–Trinajstić information content (AvgIpc) is 2.83. The first-order valence-electron chi connectivity index (χ1n) is 11.9. The summed E-state index contributed by atoms with van der Waals surface area (Å²) in [5, 5.41) is 17.9. The highest BCUT2D eigenvalue weighted by molar-refractivity contribution is 6.07. The van der Waals surface area contributed by atoms with Gasteiger partial charge in [0, 0.05) is 24.0 Å². The summed E-state index contributed by atoms with van der Waals surface area (Å²) in [6.07, 6.45) is 4.80. The van der Waals surface area contributed by atoms with Crippen molar-refractivity contribution in [3.63, 3.8) is 0 Å². The fourth-order valence-corrected chi connectivity index (χ4v) is 2.64. The van der Waals surface area contributed by atoms with Crippen molar-refractivity contribution in [3.05, 3.63) is 59.7 Å². The number of ketones is 3. The highest BCUT2D eigenvalue weighted by Crippen LogP contribution is 2.12. The first-order valence-corrected chi connectivity index (χ1v) is 11.9. The number of hydrogen-bond donors (Lipinski definition) is 2. The minimum Gasteiger partial charge on any atom is -0.508 e. The molecule has 7 heteroatoms. The second-order valence-electron chi connectivity index (χ2n) is 7.80. The van der Waals surface area contributed by atoms with Crippen molar-refractivity contribution < 1.29 is 34.1 Å². The van der Waals surface area contributed by atoms with Gasteiger partial charge in [-0.05, 0) is 75.2 Å².